The molecule has 0 aromatic carbocycles. The van der Waals surface area contributed by atoms with Crippen molar-refractivity contribution in [3.05, 3.63) is 148 Å². The van der Waals surface area contributed by atoms with E-state index in [9.17, 15) is 0 Å². The predicted molar refractivity (Wildman–Crippen MR) is 314 cm³/mol. The Bertz CT molecular complexity index is 2840. The third-order valence-electron chi connectivity index (χ3n) is 7.47. The lowest BCUT2D eigenvalue weighted by Gasteiger charge is -1.74. The molecule has 0 amide bonds. The summed E-state index contributed by atoms with van der Waals surface area (Å²) in [6.07, 6.45) is 7.08. The fourth-order valence-electron chi connectivity index (χ4n) is 4.02. The number of aryl methyl sites for hydroxylation is 20. The number of hydrogen-bond acceptors (Lipinski definition) is 39. The lowest BCUT2D eigenvalue weighted by atomic mass is 10.4. The molecule has 0 bridgehead atoms. The first-order chi connectivity index (χ1) is 40.4. The van der Waals surface area contributed by atoms with Crippen LogP contribution in [0.2, 0.25) is 0 Å². The van der Waals surface area contributed by atoms with Crippen LogP contribution in [0.4, 0.5) is 0 Å². The Morgan fingerprint density at radius 3 is 1.13 bits per heavy atom. The van der Waals surface area contributed by atoms with Crippen molar-refractivity contribution >= 4 is 68.8 Å². The molecular formula is C46H66N26O7S6. The smallest absolute Gasteiger partial charge is 0.223 e. The zero-order valence-electron chi connectivity index (χ0n) is 50.4. The van der Waals surface area contributed by atoms with E-state index in [-0.39, 0.29) is 0 Å². The molecule has 13 aromatic rings. The van der Waals surface area contributed by atoms with Gasteiger partial charge in [0.15, 0.2) is 23.8 Å². The number of aromatic nitrogens is 26. The first-order valence-corrected chi connectivity index (χ1v) is 28.9. The van der Waals surface area contributed by atoms with Crippen LogP contribution < -0.4 is 0 Å². The summed E-state index contributed by atoms with van der Waals surface area (Å²) in [4.78, 5) is 28.0. The Kier molecular flexibility index (Phi) is 39.2. The topological polar surface area (TPSA) is 427 Å². The third kappa shape index (κ3) is 42.8. The minimum absolute atomic E-state index is 0.606. The second-order valence-electron chi connectivity index (χ2n) is 15.4. The zero-order chi connectivity index (χ0) is 63.4. The van der Waals surface area contributed by atoms with Gasteiger partial charge in [0.25, 0.3) is 0 Å². The van der Waals surface area contributed by atoms with E-state index in [1.54, 1.807) is 103 Å². The normalized spacial score (nSPS) is 9.18. The quantitative estimate of drug-likeness (QED) is 0.136. The van der Waals surface area contributed by atoms with Gasteiger partial charge in [-0.2, -0.15) is 33.1 Å². The van der Waals surface area contributed by atoms with Crippen LogP contribution in [0.5, 0.6) is 0 Å². The van der Waals surface area contributed by atoms with Gasteiger partial charge in [0.1, 0.15) is 59.2 Å². The minimum Gasteiger partial charge on any atom is -0.428 e. The van der Waals surface area contributed by atoms with Crippen molar-refractivity contribution in [3.8, 4) is 0 Å². The van der Waals surface area contributed by atoms with Crippen LogP contribution in [0.25, 0.3) is 0 Å². The van der Waals surface area contributed by atoms with E-state index in [1.165, 1.54) is 70.1 Å². The Hall–Kier alpha value is -8.66. The molecule has 0 aliphatic rings. The van der Waals surface area contributed by atoms with E-state index < -0.39 is 0 Å². The van der Waals surface area contributed by atoms with Crippen LogP contribution in [0.3, 0.4) is 0 Å². The van der Waals surface area contributed by atoms with Crippen LogP contribution in [0, 0.1) is 138 Å². The first-order valence-electron chi connectivity index (χ1n) is 24.2. The highest BCUT2D eigenvalue weighted by Gasteiger charge is 1.94. The SMILES string of the molecule is Cc1cnon1.Cc1ncno1.Cc1ncns1.Cc1ncon1.Cc1nnc(C)o1.Cc1nnc(C)s1.Cc1nnco1.Cc1nncs1.Cc1nnsc1C.Cc1noc(C)n1.Cc1noc(C)n1.Cc1nsc(C)n1.Cc1nsc(C)n1. The highest BCUT2D eigenvalue weighted by molar-refractivity contribution is 7.11. The molecule has 13 aromatic heterocycles. The molecule has 33 nitrogen and oxygen atoms in total. The van der Waals surface area contributed by atoms with Crippen molar-refractivity contribution in [1.29, 1.82) is 0 Å². The minimum atomic E-state index is 0.606. The second kappa shape index (κ2) is 44.9. The molecule has 0 atom stereocenters. The summed E-state index contributed by atoms with van der Waals surface area (Å²) in [5.41, 5.74) is 3.58. The summed E-state index contributed by atoms with van der Waals surface area (Å²) in [7, 11) is 0. The molecule has 0 aliphatic carbocycles. The van der Waals surface area contributed by atoms with Gasteiger partial charge in [0.05, 0.1) is 11.9 Å². The second-order valence-corrected chi connectivity index (χ2v) is 21.7. The van der Waals surface area contributed by atoms with E-state index in [2.05, 4.69) is 156 Å². The number of rotatable bonds is 0. The van der Waals surface area contributed by atoms with Gasteiger partial charge in [0, 0.05) is 46.4 Å². The maximum Gasteiger partial charge on any atom is 0.223 e. The average molecular weight is 1290 g/mol. The standard InChI is InChI=1S/3C4H6N2O.4C4H6N2S.4C3H4N2O.2C3H4N2S/c1-3-5-6-4(2)7-3;2*1-3-5-4(2)7-6-3;1-3-5-6-4(2)7-3;2*1-3-5-4(2)7-6-3;1-3-4(2)7-6-5-3;1-3-5-4-2-6-3;1-3-4-2-6-5-3;1-3-4-2-5-6-3;1-3-2-4-6-5-3;1-3-5-4-2-6-3;1-3-4-2-5-6-3/h7*1-2H3;6*2H,1H3. The molecule has 0 spiro atoms. The van der Waals surface area contributed by atoms with Gasteiger partial charge in [-0.05, 0) is 143 Å². The third-order valence-corrected chi connectivity index (χ3v) is 11.6. The van der Waals surface area contributed by atoms with E-state index in [4.69, 9.17) is 4.42 Å². The van der Waals surface area contributed by atoms with Crippen LogP contribution in [0.15, 0.2) is 68.7 Å². The molecule has 0 aliphatic heterocycles. The van der Waals surface area contributed by atoms with Gasteiger partial charge in [-0.3, -0.25) is 0 Å². The molecule has 0 fully saturated rings. The van der Waals surface area contributed by atoms with Crippen LogP contribution in [0.1, 0.15) is 111 Å². The number of hydrogen-bond donors (Lipinski definition) is 0. The van der Waals surface area contributed by atoms with Crippen molar-refractivity contribution in [3.63, 3.8) is 0 Å². The van der Waals surface area contributed by atoms with Gasteiger partial charge in [-0.15, -0.1) is 68.6 Å². The molecule has 85 heavy (non-hydrogen) atoms. The molecule has 0 radical (unpaired) electrons. The lowest BCUT2D eigenvalue weighted by molar-refractivity contribution is 0.304. The van der Waals surface area contributed by atoms with Gasteiger partial charge >= 0.3 is 0 Å². The van der Waals surface area contributed by atoms with Gasteiger partial charge in [-0.1, -0.05) is 35.4 Å². The predicted octanol–water partition coefficient (Wildman–Crippen LogP) is 9.88. The summed E-state index contributed by atoms with van der Waals surface area (Å²) in [5, 5.41) is 59.5. The van der Waals surface area contributed by atoms with Gasteiger partial charge in [0.2, 0.25) is 48.1 Å². The highest BCUT2D eigenvalue weighted by atomic mass is 32.1. The summed E-state index contributed by atoms with van der Waals surface area (Å²) >= 11 is 8.92. The van der Waals surface area contributed by atoms with E-state index >= 15 is 0 Å². The molecule has 0 N–H and O–H groups in total. The molecule has 39 heteroatoms. The largest absolute Gasteiger partial charge is 0.428 e. The lowest BCUT2D eigenvalue weighted by Crippen LogP contribution is -1.70. The molecule has 13 heterocycles. The van der Waals surface area contributed by atoms with Crippen molar-refractivity contribution < 1.29 is 31.6 Å². The molecule has 13 rings (SSSR count). The van der Waals surface area contributed by atoms with Crippen molar-refractivity contribution in [2.45, 2.75) is 138 Å². The highest BCUT2D eigenvalue weighted by Crippen LogP contribution is 2.05. The fourth-order valence-corrected chi connectivity index (χ4v) is 6.71. The summed E-state index contributed by atoms with van der Waals surface area (Å²) in [6.45, 7) is 37.1. The zero-order valence-corrected chi connectivity index (χ0v) is 55.3. The van der Waals surface area contributed by atoms with E-state index in [1.807, 2.05) is 76.2 Å². The number of nitrogens with zero attached hydrogens (tertiary/aromatic N) is 26. The Labute approximate surface area is 513 Å². The first kappa shape index (κ1) is 74.4. The average Bonchev–Trinajstić information content (AvgIpc) is 4.28. The van der Waals surface area contributed by atoms with Crippen LogP contribution in [-0.4, -0.2) is 129 Å². The monoisotopic (exact) mass is 1290 g/mol. The molecule has 0 saturated heterocycles. The summed E-state index contributed by atoms with van der Waals surface area (Å²) in [6, 6.07) is 0. The molecular weight excluding hydrogens is 1220 g/mol. The van der Waals surface area contributed by atoms with E-state index in [0.717, 1.165) is 53.1 Å². The van der Waals surface area contributed by atoms with E-state index in [0.29, 0.717) is 52.8 Å². The maximum atomic E-state index is 4.86. The molecule has 0 saturated carbocycles. The van der Waals surface area contributed by atoms with Gasteiger partial charge in [-0.25, -0.2) is 19.6 Å². The Balaban J connectivity index is 0.000000461. The summed E-state index contributed by atoms with van der Waals surface area (Å²) < 4.78 is 47.1. The molecule has 458 valence electrons. The van der Waals surface area contributed by atoms with Crippen molar-refractivity contribution in [2.75, 3.05) is 0 Å². The van der Waals surface area contributed by atoms with Crippen LogP contribution in [-0.2, 0) is 0 Å². The van der Waals surface area contributed by atoms with Crippen molar-refractivity contribution in [2.24, 2.45) is 0 Å². The fraction of sp³-hybridized carbons (Fsp3) is 0.435. The summed E-state index contributed by atoms with van der Waals surface area (Å²) in [5.74, 6) is 7.52. The Morgan fingerprint density at radius 2 is 1.00 bits per heavy atom. The molecule has 0 unspecified atom stereocenters. The van der Waals surface area contributed by atoms with Gasteiger partial charge < -0.3 is 26.9 Å². The Morgan fingerprint density at radius 1 is 0.400 bits per heavy atom. The van der Waals surface area contributed by atoms with Crippen molar-refractivity contribution in [1.82, 2.24) is 129 Å². The maximum absolute atomic E-state index is 4.86. The van der Waals surface area contributed by atoms with Crippen LogP contribution >= 0.6 is 68.8 Å².